The SMILES string of the molecule is CCCC(=O)C1(NC(C)C)CC1. The molecule has 1 rings (SSSR count). The van der Waals surface area contributed by atoms with Crippen LogP contribution in [0.15, 0.2) is 0 Å². The molecule has 1 fully saturated rings. The number of carbonyl (C=O) groups is 1. The number of hydrogen-bond acceptors (Lipinski definition) is 2. The lowest BCUT2D eigenvalue weighted by molar-refractivity contribution is -0.122. The molecule has 1 saturated carbocycles. The first-order valence-corrected chi connectivity index (χ1v) is 4.92. The van der Waals surface area contributed by atoms with Crippen molar-refractivity contribution in [2.45, 2.75) is 58.0 Å². The second-order valence-electron chi connectivity index (χ2n) is 4.05. The Morgan fingerprint density at radius 3 is 2.42 bits per heavy atom. The Hall–Kier alpha value is -0.370. The van der Waals surface area contributed by atoms with Gasteiger partial charge in [0.2, 0.25) is 0 Å². The lowest BCUT2D eigenvalue weighted by Gasteiger charge is -2.18. The fraction of sp³-hybridized carbons (Fsp3) is 0.900. The van der Waals surface area contributed by atoms with Crippen molar-refractivity contribution in [2.24, 2.45) is 0 Å². The number of nitrogens with one attached hydrogen (secondary N) is 1. The van der Waals surface area contributed by atoms with Crippen LogP contribution in [0.25, 0.3) is 0 Å². The van der Waals surface area contributed by atoms with Crippen LogP contribution >= 0.6 is 0 Å². The van der Waals surface area contributed by atoms with Crippen LogP contribution in [0, 0.1) is 0 Å². The van der Waals surface area contributed by atoms with Gasteiger partial charge in [0, 0.05) is 12.5 Å². The molecule has 2 heteroatoms. The van der Waals surface area contributed by atoms with Crippen molar-refractivity contribution in [1.29, 1.82) is 0 Å². The molecule has 0 aromatic rings. The smallest absolute Gasteiger partial charge is 0.152 e. The van der Waals surface area contributed by atoms with E-state index in [1.165, 1.54) is 0 Å². The largest absolute Gasteiger partial charge is 0.303 e. The summed E-state index contributed by atoms with van der Waals surface area (Å²) in [7, 11) is 0. The number of Topliss-reactive ketones (excluding diaryl/α,β-unsaturated/α-hetero) is 1. The fourth-order valence-electron chi connectivity index (χ4n) is 1.65. The van der Waals surface area contributed by atoms with Gasteiger partial charge in [-0.3, -0.25) is 4.79 Å². The van der Waals surface area contributed by atoms with Crippen LogP contribution < -0.4 is 5.32 Å². The molecule has 0 atom stereocenters. The summed E-state index contributed by atoms with van der Waals surface area (Å²) in [5.41, 5.74) is -0.107. The molecule has 70 valence electrons. The quantitative estimate of drug-likeness (QED) is 0.681. The van der Waals surface area contributed by atoms with Gasteiger partial charge in [-0.05, 0) is 33.1 Å². The Morgan fingerprint density at radius 2 is 2.08 bits per heavy atom. The molecule has 0 saturated heterocycles. The topological polar surface area (TPSA) is 29.1 Å². The molecule has 0 spiro atoms. The highest BCUT2D eigenvalue weighted by molar-refractivity contribution is 5.91. The lowest BCUT2D eigenvalue weighted by atomic mass is 10.1. The highest BCUT2D eigenvalue weighted by Gasteiger charge is 2.48. The summed E-state index contributed by atoms with van der Waals surface area (Å²) >= 11 is 0. The molecule has 0 aromatic carbocycles. The van der Waals surface area contributed by atoms with Gasteiger partial charge in [-0.25, -0.2) is 0 Å². The maximum atomic E-state index is 11.6. The fourth-order valence-corrected chi connectivity index (χ4v) is 1.65. The van der Waals surface area contributed by atoms with E-state index in [1.54, 1.807) is 0 Å². The second-order valence-corrected chi connectivity index (χ2v) is 4.05. The normalized spacial score (nSPS) is 19.7. The minimum absolute atomic E-state index is 0.107. The average Bonchev–Trinajstić information content (AvgIpc) is 2.69. The molecule has 0 heterocycles. The third kappa shape index (κ3) is 2.07. The van der Waals surface area contributed by atoms with Crippen molar-refractivity contribution in [3.8, 4) is 0 Å². The van der Waals surface area contributed by atoms with Gasteiger partial charge < -0.3 is 5.32 Å². The predicted molar refractivity (Wildman–Crippen MR) is 50.2 cm³/mol. The molecule has 1 aliphatic rings. The van der Waals surface area contributed by atoms with Crippen molar-refractivity contribution in [2.75, 3.05) is 0 Å². The molecule has 0 aliphatic heterocycles. The Kier molecular flexibility index (Phi) is 2.89. The van der Waals surface area contributed by atoms with Crippen LogP contribution in [0.1, 0.15) is 46.5 Å². The molecule has 1 aliphatic carbocycles. The van der Waals surface area contributed by atoms with Crippen LogP contribution in [0.2, 0.25) is 0 Å². The van der Waals surface area contributed by atoms with E-state index in [0.717, 1.165) is 25.7 Å². The predicted octanol–water partition coefficient (Wildman–Crippen LogP) is 1.89. The van der Waals surface area contributed by atoms with Crippen molar-refractivity contribution < 1.29 is 4.79 Å². The first-order chi connectivity index (χ1) is 5.60. The van der Waals surface area contributed by atoms with Crippen LogP contribution in [0.5, 0.6) is 0 Å². The van der Waals surface area contributed by atoms with Crippen LogP contribution in [-0.4, -0.2) is 17.4 Å². The number of carbonyl (C=O) groups excluding carboxylic acids is 1. The van der Waals surface area contributed by atoms with Crippen molar-refractivity contribution in [1.82, 2.24) is 5.32 Å². The van der Waals surface area contributed by atoms with E-state index in [-0.39, 0.29) is 5.54 Å². The summed E-state index contributed by atoms with van der Waals surface area (Å²) < 4.78 is 0. The minimum atomic E-state index is -0.107. The van der Waals surface area contributed by atoms with E-state index >= 15 is 0 Å². The molecular formula is C10H19NO. The van der Waals surface area contributed by atoms with Gasteiger partial charge in [0.1, 0.15) is 0 Å². The van der Waals surface area contributed by atoms with E-state index in [9.17, 15) is 4.79 Å². The van der Waals surface area contributed by atoms with Gasteiger partial charge in [-0.1, -0.05) is 6.92 Å². The van der Waals surface area contributed by atoms with Crippen LogP contribution in [0.3, 0.4) is 0 Å². The van der Waals surface area contributed by atoms with Crippen molar-refractivity contribution in [3.63, 3.8) is 0 Å². The van der Waals surface area contributed by atoms with E-state index < -0.39 is 0 Å². The lowest BCUT2D eigenvalue weighted by Crippen LogP contribution is -2.43. The maximum Gasteiger partial charge on any atom is 0.152 e. The van der Waals surface area contributed by atoms with Gasteiger partial charge in [-0.2, -0.15) is 0 Å². The monoisotopic (exact) mass is 169 g/mol. The van der Waals surface area contributed by atoms with Crippen LogP contribution in [-0.2, 0) is 4.79 Å². The third-order valence-corrected chi connectivity index (χ3v) is 2.33. The van der Waals surface area contributed by atoms with Crippen molar-refractivity contribution in [3.05, 3.63) is 0 Å². The van der Waals surface area contributed by atoms with E-state index in [2.05, 4.69) is 26.1 Å². The molecule has 12 heavy (non-hydrogen) atoms. The summed E-state index contributed by atoms with van der Waals surface area (Å²) in [5.74, 6) is 0.415. The molecule has 0 unspecified atom stereocenters. The van der Waals surface area contributed by atoms with E-state index in [0.29, 0.717) is 11.8 Å². The average molecular weight is 169 g/mol. The van der Waals surface area contributed by atoms with Gasteiger partial charge in [-0.15, -0.1) is 0 Å². The highest BCUT2D eigenvalue weighted by Crippen LogP contribution is 2.37. The standard InChI is InChI=1S/C10H19NO/c1-4-5-9(12)10(6-7-10)11-8(2)3/h8,11H,4-7H2,1-3H3. The van der Waals surface area contributed by atoms with Gasteiger partial charge >= 0.3 is 0 Å². The molecular weight excluding hydrogens is 150 g/mol. The van der Waals surface area contributed by atoms with Gasteiger partial charge in [0.25, 0.3) is 0 Å². The van der Waals surface area contributed by atoms with Gasteiger partial charge in [0.15, 0.2) is 5.78 Å². The Morgan fingerprint density at radius 1 is 1.50 bits per heavy atom. The summed E-state index contributed by atoms with van der Waals surface area (Å²) in [6, 6.07) is 0.424. The van der Waals surface area contributed by atoms with E-state index in [4.69, 9.17) is 0 Å². The summed E-state index contributed by atoms with van der Waals surface area (Å²) in [6.45, 7) is 6.25. The first kappa shape index (κ1) is 9.72. The number of ketones is 1. The van der Waals surface area contributed by atoms with Crippen molar-refractivity contribution >= 4 is 5.78 Å². The minimum Gasteiger partial charge on any atom is -0.303 e. The molecule has 0 bridgehead atoms. The summed E-state index contributed by atoms with van der Waals surface area (Å²) in [6.07, 6.45) is 3.80. The summed E-state index contributed by atoms with van der Waals surface area (Å²) in [5, 5.41) is 3.37. The molecule has 0 radical (unpaired) electrons. The Labute approximate surface area is 74.7 Å². The number of hydrogen-bond donors (Lipinski definition) is 1. The zero-order valence-electron chi connectivity index (χ0n) is 8.31. The highest BCUT2D eigenvalue weighted by atomic mass is 16.1. The number of rotatable bonds is 5. The molecule has 0 amide bonds. The Bertz CT molecular complexity index is 171. The Balaban J connectivity index is 2.43. The maximum absolute atomic E-state index is 11.6. The molecule has 0 aromatic heterocycles. The van der Waals surface area contributed by atoms with Gasteiger partial charge in [0.05, 0.1) is 5.54 Å². The first-order valence-electron chi connectivity index (χ1n) is 4.92. The zero-order chi connectivity index (χ0) is 9.19. The van der Waals surface area contributed by atoms with Crippen LogP contribution in [0.4, 0.5) is 0 Å². The zero-order valence-corrected chi connectivity index (χ0v) is 8.31. The molecule has 1 N–H and O–H groups in total. The molecule has 2 nitrogen and oxygen atoms in total. The van der Waals surface area contributed by atoms with E-state index in [1.807, 2.05) is 0 Å². The summed E-state index contributed by atoms with van der Waals surface area (Å²) in [4.78, 5) is 11.6. The third-order valence-electron chi connectivity index (χ3n) is 2.33. The second kappa shape index (κ2) is 3.56.